The highest BCUT2D eigenvalue weighted by Crippen LogP contribution is 2.35. The van der Waals surface area contributed by atoms with Crippen LogP contribution in [-0.2, 0) is 4.79 Å². The smallest absolute Gasteiger partial charge is 0.322 e. The van der Waals surface area contributed by atoms with E-state index in [1.807, 2.05) is 6.92 Å². The number of pyridine rings is 1. The van der Waals surface area contributed by atoms with Crippen LogP contribution >= 0.6 is 11.3 Å². The maximum atomic E-state index is 11.8. The van der Waals surface area contributed by atoms with Gasteiger partial charge in [0.05, 0.1) is 10.4 Å². The van der Waals surface area contributed by atoms with Crippen molar-refractivity contribution in [3.05, 3.63) is 22.3 Å². The van der Waals surface area contributed by atoms with Crippen LogP contribution in [0.2, 0.25) is 0 Å². The molecule has 2 rings (SSSR count). The standard InChI is InChI=1S/C12H12N2O4S/c1-5-3-7-10(17)9(12(18)13-4-8(15)16)14-6(2)11(7)19-5/h3,17H,4H2,1-2H3,(H,13,18)(H,15,16). The van der Waals surface area contributed by atoms with Crippen LogP contribution < -0.4 is 5.32 Å². The number of carboxylic acids is 1. The number of thiophene rings is 1. The topological polar surface area (TPSA) is 99.5 Å². The Hall–Kier alpha value is -2.15. The van der Waals surface area contributed by atoms with Crippen LogP contribution in [0.4, 0.5) is 0 Å². The zero-order chi connectivity index (χ0) is 14.2. The van der Waals surface area contributed by atoms with E-state index in [9.17, 15) is 14.7 Å². The Morgan fingerprint density at radius 2 is 2.11 bits per heavy atom. The van der Waals surface area contributed by atoms with Gasteiger partial charge in [0.15, 0.2) is 11.4 Å². The summed E-state index contributed by atoms with van der Waals surface area (Å²) in [5.74, 6) is -2.07. The van der Waals surface area contributed by atoms with E-state index in [0.717, 1.165) is 9.58 Å². The minimum Gasteiger partial charge on any atom is -0.505 e. The van der Waals surface area contributed by atoms with E-state index in [4.69, 9.17) is 5.11 Å². The normalized spacial score (nSPS) is 10.6. The van der Waals surface area contributed by atoms with E-state index in [-0.39, 0.29) is 11.4 Å². The predicted octanol–water partition coefficient (Wildman–Crippen LogP) is 1.43. The number of aliphatic carboxylic acids is 1. The third-order valence-corrected chi connectivity index (χ3v) is 3.72. The molecule has 19 heavy (non-hydrogen) atoms. The van der Waals surface area contributed by atoms with Gasteiger partial charge in [0.25, 0.3) is 5.91 Å². The van der Waals surface area contributed by atoms with Crippen molar-refractivity contribution >= 4 is 33.3 Å². The molecule has 0 atom stereocenters. The van der Waals surface area contributed by atoms with Gasteiger partial charge in [-0.1, -0.05) is 0 Å². The second-order valence-electron chi connectivity index (χ2n) is 4.07. The van der Waals surface area contributed by atoms with Crippen molar-refractivity contribution in [2.45, 2.75) is 13.8 Å². The molecular formula is C12H12N2O4S. The molecule has 0 fully saturated rings. The van der Waals surface area contributed by atoms with Crippen LogP contribution in [-0.4, -0.2) is 33.6 Å². The number of hydrogen-bond acceptors (Lipinski definition) is 5. The third-order valence-electron chi connectivity index (χ3n) is 2.56. The summed E-state index contributed by atoms with van der Waals surface area (Å²) in [6.07, 6.45) is 0. The predicted molar refractivity (Wildman–Crippen MR) is 70.7 cm³/mol. The van der Waals surface area contributed by atoms with Gasteiger partial charge in [-0.15, -0.1) is 11.3 Å². The number of carbonyl (C=O) groups is 2. The lowest BCUT2D eigenvalue weighted by molar-refractivity contribution is -0.135. The first-order valence-electron chi connectivity index (χ1n) is 5.50. The Balaban J connectivity index is 2.46. The minimum atomic E-state index is -1.16. The van der Waals surface area contributed by atoms with Gasteiger partial charge in [0.2, 0.25) is 0 Å². The largest absolute Gasteiger partial charge is 0.505 e. The molecule has 3 N–H and O–H groups in total. The average Bonchev–Trinajstić information content (AvgIpc) is 2.73. The highest BCUT2D eigenvalue weighted by atomic mass is 32.1. The zero-order valence-corrected chi connectivity index (χ0v) is 11.2. The lowest BCUT2D eigenvalue weighted by Crippen LogP contribution is -2.30. The monoisotopic (exact) mass is 280 g/mol. The molecule has 0 saturated carbocycles. The number of aromatic hydroxyl groups is 1. The summed E-state index contributed by atoms with van der Waals surface area (Å²) in [7, 11) is 0. The molecule has 100 valence electrons. The van der Waals surface area contributed by atoms with Gasteiger partial charge in [0, 0.05) is 10.3 Å². The highest BCUT2D eigenvalue weighted by molar-refractivity contribution is 7.19. The zero-order valence-electron chi connectivity index (χ0n) is 10.4. The van der Waals surface area contributed by atoms with Crippen LogP contribution in [0.5, 0.6) is 5.75 Å². The van der Waals surface area contributed by atoms with Crippen molar-refractivity contribution in [1.82, 2.24) is 10.3 Å². The molecule has 0 aliphatic carbocycles. The van der Waals surface area contributed by atoms with Crippen molar-refractivity contribution in [1.29, 1.82) is 0 Å². The molecule has 0 aliphatic heterocycles. The van der Waals surface area contributed by atoms with Crippen LogP contribution in [0.15, 0.2) is 6.07 Å². The number of carbonyl (C=O) groups excluding carboxylic acids is 1. The summed E-state index contributed by atoms with van der Waals surface area (Å²) in [5, 5.41) is 21.3. The van der Waals surface area contributed by atoms with E-state index in [1.54, 1.807) is 13.0 Å². The minimum absolute atomic E-state index is 0.149. The van der Waals surface area contributed by atoms with E-state index in [2.05, 4.69) is 10.3 Å². The number of hydrogen-bond donors (Lipinski definition) is 3. The van der Waals surface area contributed by atoms with Crippen molar-refractivity contribution in [2.24, 2.45) is 0 Å². The molecule has 2 aromatic heterocycles. The van der Waals surface area contributed by atoms with Gasteiger partial charge in [-0.05, 0) is 19.9 Å². The number of aryl methyl sites for hydroxylation is 2. The van der Waals surface area contributed by atoms with Crippen molar-refractivity contribution in [3.63, 3.8) is 0 Å². The number of carboxylic acid groups (broad SMARTS) is 1. The average molecular weight is 280 g/mol. The summed E-state index contributed by atoms with van der Waals surface area (Å²) in [5.41, 5.74) is 0.482. The Morgan fingerprint density at radius 3 is 2.74 bits per heavy atom. The lowest BCUT2D eigenvalue weighted by Gasteiger charge is -2.06. The number of aromatic nitrogens is 1. The molecule has 0 radical (unpaired) electrons. The lowest BCUT2D eigenvalue weighted by atomic mass is 10.2. The fourth-order valence-electron chi connectivity index (χ4n) is 1.76. The number of rotatable bonds is 3. The molecule has 6 nitrogen and oxygen atoms in total. The molecule has 0 spiro atoms. The van der Waals surface area contributed by atoms with Gasteiger partial charge >= 0.3 is 5.97 Å². The van der Waals surface area contributed by atoms with Gasteiger partial charge < -0.3 is 15.5 Å². The van der Waals surface area contributed by atoms with Gasteiger partial charge in [-0.25, -0.2) is 4.98 Å². The number of fused-ring (bicyclic) bond motifs is 1. The van der Waals surface area contributed by atoms with E-state index < -0.39 is 18.4 Å². The van der Waals surface area contributed by atoms with E-state index in [0.29, 0.717) is 11.1 Å². The molecule has 2 heterocycles. The molecule has 1 amide bonds. The van der Waals surface area contributed by atoms with Crippen molar-refractivity contribution < 1.29 is 19.8 Å². The van der Waals surface area contributed by atoms with Crippen LogP contribution in [0, 0.1) is 13.8 Å². The van der Waals surface area contributed by atoms with Gasteiger partial charge in [-0.2, -0.15) is 0 Å². The first-order valence-corrected chi connectivity index (χ1v) is 6.31. The Kier molecular flexibility index (Phi) is 3.39. The second kappa shape index (κ2) is 4.85. The van der Waals surface area contributed by atoms with Crippen LogP contribution in [0.3, 0.4) is 0 Å². The fraction of sp³-hybridized carbons (Fsp3) is 0.250. The summed E-state index contributed by atoms with van der Waals surface area (Å²) in [6.45, 7) is 3.12. The molecule has 0 aromatic carbocycles. The SMILES string of the molecule is Cc1cc2c(O)c(C(=O)NCC(=O)O)nc(C)c2s1. The Labute approximate surface area is 112 Å². The first kappa shape index (κ1) is 13.3. The maximum Gasteiger partial charge on any atom is 0.322 e. The molecule has 2 aromatic rings. The fourth-order valence-corrected chi connectivity index (χ4v) is 2.71. The molecule has 0 aliphatic rings. The van der Waals surface area contributed by atoms with Crippen molar-refractivity contribution in [3.8, 4) is 5.75 Å². The van der Waals surface area contributed by atoms with Crippen LogP contribution in [0.1, 0.15) is 21.1 Å². The molecule has 0 saturated heterocycles. The first-order chi connectivity index (χ1) is 8.90. The number of nitrogens with zero attached hydrogens (tertiary/aromatic N) is 1. The quantitative estimate of drug-likeness (QED) is 0.790. The summed E-state index contributed by atoms with van der Waals surface area (Å²) >= 11 is 1.48. The van der Waals surface area contributed by atoms with E-state index in [1.165, 1.54) is 11.3 Å². The molecular weight excluding hydrogens is 268 g/mol. The summed E-state index contributed by atoms with van der Waals surface area (Å²) < 4.78 is 0.824. The number of amides is 1. The Morgan fingerprint density at radius 1 is 1.42 bits per heavy atom. The van der Waals surface area contributed by atoms with E-state index >= 15 is 0 Å². The summed E-state index contributed by atoms with van der Waals surface area (Å²) in [6, 6.07) is 1.78. The second-order valence-corrected chi connectivity index (χ2v) is 5.33. The maximum absolute atomic E-state index is 11.8. The highest BCUT2D eigenvalue weighted by Gasteiger charge is 2.19. The van der Waals surface area contributed by atoms with Crippen LogP contribution in [0.25, 0.3) is 10.1 Å². The van der Waals surface area contributed by atoms with Crippen molar-refractivity contribution in [2.75, 3.05) is 6.54 Å². The molecule has 0 bridgehead atoms. The molecule has 7 heteroatoms. The summed E-state index contributed by atoms with van der Waals surface area (Å²) in [4.78, 5) is 27.2. The number of nitrogens with one attached hydrogen (secondary N) is 1. The molecule has 0 unspecified atom stereocenters. The third kappa shape index (κ3) is 2.50. The van der Waals surface area contributed by atoms with Gasteiger partial charge in [0.1, 0.15) is 6.54 Å². The van der Waals surface area contributed by atoms with Gasteiger partial charge in [-0.3, -0.25) is 9.59 Å². The Bertz CT molecular complexity index is 678.